The Morgan fingerprint density at radius 3 is 2.63 bits per heavy atom. The third kappa shape index (κ3) is 5.68. The van der Waals surface area contributed by atoms with Gasteiger partial charge in [-0.25, -0.2) is 14.8 Å². The largest absolute Gasteiger partial charge is 0.508 e. The lowest BCUT2D eigenvalue weighted by atomic mass is 10.2. The predicted molar refractivity (Wildman–Crippen MR) is 127 cm³/mol. The topological polar surface area (TPSA) is 196 Å². The second kappa shape index (κ2) is 9.87. The molecule has 1 amide bonds. The average molecular weight is 493 g/mol. The van der Waals surface area contributed by atoms with Gasteiger partial charge in [0.25, 0.3) is 11.5 Å². The summed E-state index contributed by atoms with van der Waals surface area (Å²) < 4.78 is 0. The van der Waals surface area contributed by atoms with Gasteiger partial charge in [0, 0.05) is 17.7 Å². The fourth-order valence-corrected chi connectivity index (χ4v) is 3.30. The summed E-state index contributed by atoms with van der Waals surface area (Å²) in [5, 5.41) is 24.5. The second-order valence-electron chi connectivity index (χ2n) is 7.65. The smallest absolute Gasteiger partial charge is 0.326 e. The number of H-pyrrole nitrogens is 1. The fraction of sp³-hybridized carbons (Fsp3) is 0.130. The summed E-state index contributed by atoms with van der Waals surface area (Å²) >= 11 is 0. The molecule has 2 heterocycles. The predicted octanol–water partition coefficient (Wildman–Crippen LogP) is 1.04. The Morgan fingerprint density at radius 1 is 1.23 bits per heavy atom. The zero-order valence-corrected chi connectivity index (χ0v) is 18.2. The number of carbonyl (C=O) groups is 2. The normalized spacial score (nSPS) is 11.7. The molecule has 35 heavy (non-hydrogen) atoms. The standard InChI is InChI=1S/C23H21N7O5/c24-23-29-19-18(21(33)30-23)27-15(11-26-19)10-25-14-5-3-13(4-6-14)20(32)28-17(22(34)35)9-12-1-7-16(31)8-2-12/h1-8,11,17,25,31H,9-10H2,(H,28,32)(H,34,35)(H3,24,26,29,30,33)/t17-/m0/s1/i1+2,2+2,7+2,8+2,9+2,12+2,16+2,17+2,22+2. The first-order chi connectivity index (χ1) is 16.8. The molecule has 0 fully saturated rings. The number of carbonyl (C=O) groups excluding carboxylic acids is 1. The maximum Gasteiger partial charge on any atom is 0.326 e. The minimum absolute atomic E-state index is 0.0400. The Kier molecular flexibility index (Phi) is 6.53. The number of aromatic nitrogens is 4. The highest BCUT2D eigenvalue weighted by Gasteiger charge is 2.21. The summed E-state index contributed by atoms with van der Waals surface area (Å²) in [6.45, 7) is 0.256. The van der Waals surface area contributed by atoms with Crippen molar-refractivity contribution in [3.63, 3.8) is 0 Å². The van der Waals surface area contributed by atoms with Gasteiger partial charge in [-0.1, -0.05) is 12.1 Å². The highest BCUT2D eigenvalue weighted by molar-refractivity contribution is 5.96. The molecule has 12 heteroatoms. The van der Waals surface area contributed by atoms with Crippen LogP contribution in [0.3, 0.4) is 0 Å². The number of carboxylic acid groups (broad SMARTS) is 1. The molecule has 0 radical (unpaired) electrons. The molecule has 0 aliphatic carbocycles. The van der Waals surface area contributed by atoms with Gasteiger partial charge >= 0.3 is 5.97 Å². The number of nitrogen functional groups attached to an aromatic ring is 1. The summed E-state index contributed by atoms with van der Waals surface area (Å²) in [6.07, 6.45) is 1.54. The number of hydrogen-bond donors (Lipinski definition) is 6. The van der Waals surface area contributed by atoms with Crippen LogP contribution in [0.1, 0.15) is 21.6 Å². The van der Waals surface area contributed by atoms with E-state index in [2.05, 4.69) is 30.6 Å². The maximum atomic E-state index is 12.6. The molecule has 0 aliphatic heterocycles. The molecule has 0 bridgehead atoms. The Bertz CT molecular complexity index is 1440. The number of carboxylic acids is 1. The van der Waals surface area contributed by atoms with E-state index in [9.17, 15) is 24.6 Å². The van der Waals surface area contributed by atoms with E-state index in [0.29, 0.717) is 16.9 Å². The zero-order chi connectivity index (χ0) is 24.9. The summed E-state index contributed by atoms with van der Waals surface area (Å²) in [5.74, 6) is -1.67. The molecule has 2 aromatic heterocycles. The summed E-state index contributed by atoms with van der Waals surface area (Å²) in [7, 11) is 0. The van der Waals surface area contributed by atoms with Crippen LogP contribution in [-0.4, -0.2) is 48.1 Å². The molecule has 0 saturated carbocycles. The molecule has 0 aliphatic rings. The summed E-state index contributed by atoms with van der Waals surface area (Å²) in [6, 6.07) is 11.4. The SMILES string of the molecule is Nc1nc2ncc(CNc3ccc(C(=O)N[14C@@H]([14CH2][14c]4[14cH][14cH][14c](O)[14cH][14cH]4)[14C](=O)O)cc3)nc2c(=O)[nH]1. The number of nitrogens with one attached hydrogen (secondary N) is 3. The van der Waals surface area contributed by atoms with Crippen LogP contribution < -0.4 is 21.9 Å². The van der Waals surface area contributed by atoms with E-state index in [1.807, 2.05) is 0 Å². The van der Waals surface area contributed by atoms with Gasteiger partial charge in [0.1, 0.15) is 11.8 Å². The number of phenolic OH excluding ortho intramolecular Hbond substituents is 1. The molecule has 12 nitrogen and oxygen atoms in total. The average Bonchev–Trinajstić information content (AvgIpc) is 2.84. The van der Waals surface area contributed by atoms with Crippen LogP contribution in [0, 0.1) is 0 Å². The minimum atomic E-state index is -1.17. The van der Waals surface area contributed by atoms with Gasteiger partial charge < -0.3 is 26.6 Å². The van der Waals surface area contributed by atoms with Crippen molar-refractivity contribution in [3.8, 4) is 5.75 Å². The number of rotatable bonds is 8. The molecule has 0 saturated heterocycles. The number of phenols is 1. The van der Waals surface area contributed by atoms with E-state index >= 15 is 0 Å². The number of nitrogens with two attached hydrogens (primary N) is 1. The van der Waals surface area contributed by atoms with Crippen LogP contribution in [0.5, 0.6) is 5.75 Å². The van der Waals surface area contributed by atoms with Crippen molar-refractivity contribution in [1.82, 2.24) is 25.3 Å². The molecular weight excluding hydrogens is 472 g/mol. The molecule has 7 N–H and O–H groups in total. The summed E-state index contributed by atoms with van der Waals surface area (Å²) in [4.78, 5) is 50.8. The van der Waals surface area contributed by atoms with Crippen molar-refractivity contribution in [2.75, 3.05) is 11.1 Å². The highest BCUT2D eigenvalue weighted by Crippen LogP contribution is 2.14. The van der Waals surface area contributed by atoms with Crippen LogP contribution in [0.2, 0.25) is 0 Å². The van der Waals surface area contributed by atoms with Crippen LogP contribution in [0.15, 0.2) is 59.5 Å². The van der Waals surface area contributed by atoms with E-state index in [4.69, 9.17) is 5.73 Å². The number of aromatic hydroxyl groups is 1. The van der Waals surface area contributed by atoms with E-state index in [1.165, 1.54) is 18.3 Å². The minimum Gasteiger partial charge on any atom is -0.508 e. The molecular formula is C23H21N7O5. The molecule has 4 rings (SSSR count). The van der Waals surface area contributed by atoms with Crippen molar-refractivity contribution >= 4 is 34.7 Å². The quantitative estimate of drug-likeness (QED) is 0.206. The van der Waals surface area contributed by atoms with Crippen LogP contribution in [0.25, 0.3) is 11.2 Å². The van der Waals surface area contributed by atoms with E-state index in [-0.39, 0.29) is 41.4 Å². The lowest BCUT2D eigenvalue weighted by Crippen LogP contribution is -2.42. The fourth-order valence-electron chi connectivity index (χ4n) is 3.30. The van der Waals surface area contributed by atoms with Gasteiger partial charge in [0.2, 0.25) is 5.95 Å². The van der Waals surface area contributed by atoms with Crippen molar-refractivity contribution in [1.29, 1.82) is 0 Å². The number of aromatic amines is 1. The Balaban J connectivity index is 1.38. The highest BCUT2D eigenvalue weighted by atomic mass is 16.7. The molecule has 0 unspecified atom stereocenters. The lowest BCUT2D eigenvalue weighted by molar-refractivity contribution is -0.139. The Labute approximate surface area is 197 Å². The number of fused-ring (bicyclic) bond motifs is 1. The number of benzene rings is 2. The first-order valence-electron chi connectivity index (χ1n) is 10.5. The third-order valence-corrected chi connectivity index (χ3v) is 5.09. The van der Waals surface area contributed by atoms with E-state index in [1.54, 1.807) is 36.4 Å². The first kappa shape index (κ1) is 23.2. The van der Waals surface area contributed by atoms with E-state index in [0.717, 1.165) is 0 Å². The van der Waals surface area contributed by atoms with Crippen molar-refractivity contribution in [2.45, 2.75) is 19.0 Å². The summed E-state index contributed by atoms with van der Waals surface area (Å²) in [5.41, 5.74) is 7.35. The molecule has 0 spiro atoms. The van der Waals surface area contributed by atoms with Gasteiger partial charge in [0.05, 0.1) is 18.4 Å². The number of hydrogen-bond acceptors (Lipinski definition) is 9. The number of amides is 1. The molecule has 1 atom stereocenters. The molecule has 2 aromatic carbocycles. The third-order valence-electron chi connectivity index (χ3n) is 5.09. The van der Waals surface area contributed by atoms with Crippen molar-refractivity contribution in [2.24, 2.45) is 0 Å². The van der Waals surface area contributed by atoms with Crippen LogP contribution in [-0.2, 0) is 17.8 Å². The van der Waals surface area contributed by atoms with Gasteiger partial charge in [-0.3, -0.25) is 14.6 Å². The monoisotopic (exact) mass is 493 g/mol. The van der Waals surface area contributed by atoms with Gasteiger partial charge in [0.15, 0.2) is 11.2 Å². The number of aliphatic carboxylic acids is 1. The number of nitrogens with zero attached hydrogens (tertiary/aromatic N) is 3. The Morgan fingerprint density at radius 2 is 1.94 bits per heavy atom. The van der Waals surface area contributed by atoms with Crippen LogP contribution >= 0.6 is 0 Å². The molecule has 4 aromatic rings. The molecule has 178 valence electrons. The Hall–Kier alpha value is -5.00. The zero-order valence-electron chi connectivity index (χ0n) is 18.2. The van der Waals surface area contributed by atoms with Crippen LogP contribution in [0.4, 0.5) is 11.6 Å². The van der Waals surface area contributed by atoms with Gasteiger partial charge in [-0.05, 0) is 42.0 Å². The van der Waals surface area contributed by atoms with Crippen molar-refractivity contribution in [3.05, 3.63) is 81.9 Å². The second-order valence-corrected chi connectivity index (χ2v) is 7.65. The van der Waals surface area contributed by atoms with Gasteiger partial charge in [-0.15, -0.1) is 0 Å². The number of anilines is 2. The maximum absolute atomic E-state index is 12.6. The van der Waals surface area contributed by atoms with E-state index < -0.39 is 23.5 Å². The lowest BCUT2D eigenvalue weighted by Gasteiger charge is -2.15. The van der Waals surface area contributed by atoms with Gasteiger partial charge in [-0.2, -0.15) is 4.98 Å². The van der Waals surface area contributed by atoms with Crippen molar-refractivity contribution < 1.29 is 19.8 Å². The first-order valence-corrected chi connectivity index (χ1v) is 10.5.